The fourth-order valence-electron chi connectivity index (χ4n) is 12.0. The number of benzene rings is 3. The molecule has 0 saturated carbocycles. The van der Waals surface area contributed by atoms with Gasteiger partial charge in [-0.25, -0.2) is 85.6 Å². The van der Waals surface area contributed by atoms with Gasteiger partial charge in [-0.3, -0.25) is 35.4 Å². The molecule has 3 N–H and O–H groups in total. The molecule has 582 valence electrons. The average Bonchev–Trinajstić information content (AvgIpc) is 0.823. The second kappa shape index (κ2) is 38.1. The maximum absolute atomic E-state index is 14.6. The van der Waals surface area contributed by atoms with Crippen LogP contribution in [-0.2, 0) is 63.9 Å². The molecule has 9 aromatic rings. The highest BCUT2D eigenvalue weighted by molar-refractivity contribution is 6.02. The molecule has 3 aromatic carbocycles. The quantitative estimate of drug-likeness (QED) is 0.0246. The maximum atomic E-state index is 14.6. The molecule has 12 rings (SSSR count). The number of amides is 6. The van der Waals surface area contributed by atoms with Crippen LogP contribution in [0.4, 0.5) is 76.0 Å². The Morgan fingerprint density at radius 3 is 1.06 bits per heavy atom. The molecule has 3 aliphatic rings. The van der Waals surface area contributed by atoms with Crippen molar-refractivity contribution in [3.05, 3.63) is 194 Å². The molecule has 0 aliphatic carbocycles. The van der Waals surface area contributed by atoms with Gasteiger partial charge in [-0.2, -0.15) is 0 Å². The summed E-state index contributed by atoms with van der Waals surface area (Å²) in [5.41, 5.74) is 4.74. The second-order valence-corrected chi connectivity index (χ2v) is 24.4. The number of hydrogen-bond acceptors (Lipinski definition) is 23. The average molecular weight is 1540 g/mol. The van der Waals surface area contributed by atoms with E-state index in [-0.39, 0.29) is 100 Å². The van der Waals surface area contributed by atoms with E-state index in [4.69, 9.17) is 47.4 Å². The van der Waals surface area contributed by atoms with Crippen LogP contribution in [0.3, 0.4) is 0 Å². The third-order valence-corrected chi connectivity index (χ3v) is 17.7. The number of fused-ring (bicyclic) bond motifs is 3. The minimum Gasteiger partial charge on any atom is -0.494 e. The number of pyridine rings is 3. The van der Waals surface area contributed by atoms with E-state index >= 15 is 0 Å². The Morgan fingerprint density at radius 2 is 0.739 bits per heavy atom. The van der Waals surface area contributed by atoms with Gasteiger partial charge in [0.2, 0.25) is 30.4 Å². The van der Waals surface area contributed by atoms with Gasteiger partial charge in [-0.1, -0.05) is 30.0 Å². The second-order valence-electron chi connectivity index (χ2n) is 24.4. The highest BCUT2D eigenvalue weighted by atomic mass is 19.2. The van der Waals surface area contributed by atoms with Gasteiger partial charge in [-0.05, 0) is 110 Å². The Labute approximate surface area is 633 Å². The van der Waals surface area contributed by atoms with Crippen LogP contribution in [0.15, 0.2) is 91.8 Å². The van der Waals surface area contributed by atoms with Gasteiger partial charge in [0.05, 0.1) is 59.6 Å². The lowest BCUT2D eigenvalue weighted by Crippen LogP contribution is -2.40. The Balaban J connectivity index is 0.000000177. The monoisotopic (exact) mass is 1540 g/mol. The summed E-state index contributed by atoms with van der Waals surface area (Å²) < 4.78 is 138. The molecule has 35 heteroatoms. The molecule has 6 aromatic heterocycles. The lowest BCUT2D eigenvalue weighted by Gasteiger charge is -2.29. The number of carbonyl (C=O) groups is 4. The van der Waals surface area contributed by atoms with E-state index in [0.717, 1.165) is 67.3 Å². The van der Waals surface area contributed by atoms with Crippen molar-refractivity contribution in [3.8, 4) is 46.3 Å². The van der Waals surface area contributed by atoms with Crippen LogP contribution in [-0.4, -0.2) is 160 Å². The number of methoxy groups -OCH3 is 10. The summed E-state index contributed by atoms with van der Waals surface area (Å²) in [6.07, 6.45) is 13.1. The number of aryl methyl sites for hydroxylation is 5. The van der Waals surface area contributed by atoms with Crippen molar-refractivity contribution in [1.82, 2.24) is 44.9 Å². The summed E-state index contributed by atoms with van der Waals surface area (Å²) in [6.45, 7) is 1.36. The largest absolute Gasteiger partial charge is 0.494 e. The van der Waals surface area contributed by atoms with Crippen molar-refractivity contribution in [1.29, 1.82) is 0 Å². The standard InChI is InChI=1S/C26H29F2N5O5.C26H25F2N5O5.C24H23F2N5O4/c2*1-35-19-12-20(36-2)22(28)17(21(19)27)9-7-15-13-29-25(30-14-15)32-26(34)33-11-5-6-16-8-10-18(31-23(16)33)24(37-3)38-4;1-34-18-10-19(35-2)21(26)17(20(18)25)8-5-14-11-27-23(28-12-14)30-24(33)31-9-3-4-15-6-7-16(13-32)29-22(15)31/h8,10,12-14,24H,5-7,9,11H2,1-4H3,(H,29,30,32,34);8,10,12-14,24H,5-6,11H2,1-4H3,(H,29,30,32,34);6-7,10-13H,3-5,8-9H2,1-2H3,(H,27,28,30,33). The van der Waals surface area contributed by atoms with Crippen molar-refractivity contribution >= 4 is 59.7 Å². The van der Waals surface area contributed by atoms with Crippen LogP contribution in [0.25, 0.3) is 0 Å². The number of carbonyl (C=O) groups excluding carboxylic acids is 4. The van der Waals surface area contributed by atoms with Crippen molar-refractivity contribution in [3.63, 3.8) is 0 Å². The Kier molecular flexibility index (Phi) is 27.9. The van der Waals surface area contributed by atoms with E-state index in [1.807, 2.05) is 18.2 Å². The number of nitrogens with zero attached hydrogens (tertiary/aromatic N) is 12. The molecular formula is C76H77F6N15O14. The van der Waals surface area contributed by atoms with Crippen molar-refractivity contribution in [2.45, 2.75) is 76.8 Å². The molecule has 6 amide bonds. The first kappa shape index (κ1) is 81.1. The third kappa shape index (κ3) is 19.2. The molecule has 0 atom stereocenters. The van der Waals surface area contributed by atoms with Gasteiger partial charge < -0.3 is 47.4 Å². The number of nitrogens with one attached hydrogen (secondary N) is 3. The third-order valence-electron chi connectivity index (χ3n) is 17.7. The van der Waals surface area contributed by atoms with E-state index in [2.05, 4.69) is 72.6 Å². The van der Waals surface area contributed by atoms with Crippen molar-refractivity contribution < 1.29 is 92.9 Å². The number of anilines is 6. The number of aromatic nitrogens is 9. The molecule has 0 bridgehead atoms. The molecule has 0 spiro atoms. The first-order valence-electron chi connectivity index (χ1n) is 34.3. The Morgan fingerprint density at radius 1 is 0.423 bits per heavy atom. The predicted octanol–water partition coefficient (Wildman–Crippen LogP) is 11.8. The minimum absolute atomic E-state index is 0.0234. The maximum Gasteiger partial charge on any atom is 0.329 e. The molecule has 0 unspecified atom stereocenters. The minimum atomic E-state index is -0.955. The summed E-state index contributed by atoms with van der Waals surface area (Å²) in [5, 5.41) is 7.95. The van der Waals surface area contributed by atoms with Crippen LogP contribution in [0.5, 0.6) is 34.5 Å². The van der Waals surface area contributed by atoms with Crippen LogP contribution < -0.4 is 59.1 Å². The molecular weight excluding hydrogens is 1460 g/mol. The van der Waals surface area contributed by atoms with E-state index in [1.54, 1.807) is 18.2 Å². The number of urea groups is 3. The summed E-state index contributed by atoms with van der Waals surface area (Å²) in [4.78, 5) is 92.8. The molecule has 0 saturated heterocycles. The van der Waals surface area contributed by atoms with Crippen molar-refractivity contribution in [2.75, 3.05) is 121 Å². The zero-order valence-corrected chi connectivity index (χ0v) is 61.9. The Bertz CT molecular complexity index is 4800. The molecule has 111 heavy (non-hydrogen) atoms. The normalized spacial score (nSPS) is 12.6. The molecule has 9 heterocycles. The van der Waals surface area contributed by atoms with E-state index in [9.17, 15) is 45.5 Å². The van der Waals surface area contributed by atoms with Crippen molar-refractivity contribution in [2.24, 2.45) is 0 Å². The first-order chi connectivity index (χ1) is 53.7. The summed E-state index contributed by atoms with van der Waals surface area (Å²) in [5.74, 6) is 0.805. The summed E-state index contributed by atoms with van der Waals surface area (Å²) in [6, 6.07) is 12.9. The SMILES string of the molecule is COc1cc(OC)c(F)c(C#Cc2cnc(NC(=O)N3CCCc4ccc(C(OC)OC)nc43)nc2)c1F.COc1cc(OC)c(F)c(CCc2cnc(NC(=O)N3CCCc4ccc(C(OC)OC)nc43)nc2)c1F.COc1cc(OC)c(F)c(CCc2cnc(NC(=O)N3CCCc4ccc(C=O)nc43)nc2)c1F. The fraction of sp³-hybridized carbons (Fsp3) is 0.329. The highest BCUT2D eigenvalue weighted by Crippen LogP contribution is 2.37. The van der Waals surface area contributed by atoms with Gasteiger partial charge in [0.25, 0.3) is 0 Å². The van der Waals surface area contributed by atoms with Crippen LogP contribution in [0.2, 0.25) is 0 Å². The van der Waals surface area contributed by atoms with E-state index in [0.29, 0.717) is 65.9 Å². The molecule has 0 radical (unpaired) electrons. The van der Waals surface area contributed by atoms with Gasteiger partial charge in [-0.15, -0.1) is 0 Å². The Hall–Kier alpha value is -12.4. The van der Waals surface area contributed by atoms with Crippen LogP contribution in [0.1, 0.15) is 104 Å². The van der Waals surface area contributed by atoms with Crippen LogP contribution in [0, 0.1) is 46.7 Å². The molecule has 3 aliphatic heterocycles. The fourth-order valence-corrected chi connectivity index (χ4v) is 12.0. The summed E-state index contributed by atoms with van der Waals surface area (Å²) in [7, 11) is 13.7. The van der Waals surface area contributed by atoms with E-state index < -0.39 is 71.1 Å². The predicted molar refractivity (Wildman–Crippen MR) is 391 cm³/mol. The van der Waals surface area contributed by atoms with Gasteiger partial charge in [0.15, 0.2) is 75.7 Å². The lowest BCUT2D eigenvalue weighted by atomic mass is 10.0. The zero-order chi connectivity index (χ0) is 79.4. The molecule has 0 fully saturated rings. The molecule has 29 nitrogen and oxygen atoms in total. The van der Waals surface area contributed by atoms with E-state index in [1.165, 1.54) is 129 Å². The van der Waals surface area contributed by atoms with Gasteiger partial charge in [0, 0.05) is 115 Å². The number of ether oxygens (including phenoxy) is 10. The number of aldehydes is 1. The number of halogens is 6. The summed E-state index contributed by atoms with van der Waals surface area (Å²) >= 11 is 0. The zero-order valence-electron chi connectivity index (χ0n) is 61.9. The van der Waals surface area contributed by atoms with Gasteiger partial charge >= 0.3 is 18.1 Å². The topological polar surface area (TPSA) is 322 Å². The smallest absolute Gasteiger partial charge is 0.329 e. The number of hydrogen-bond donors (Lipinski definition) is 3. The van der Waals surface area contributed by atoms with Crippen LogP contribution >= 0.6 is 0 Å². The highest BCUT2D eigenvalue weighted by Gasteiger charge is 2.31. The lowest BCUT2D eigenvalue weighted by molar-refractivity contribution is -0.108. The number of rotatable bonds is 22. The first-order valence-corrected chi connectivity index (χ1v) is 34.3. The van der Waals surface area contributed by atoms with Gasteiger partial charge in [0.1, 0.15) is 28.7 Å².